The molecule has 0 unspecified atom stereocenters. The van der Waals surface area contributed by atoms with E-state index in [0.717, 1.165) is 19.3 Å². The number of rotatable bonds is 9. The molecule has 124 valence electrons. The van der Waals surface area contributed by atoms with Crippen LogP contribution in [0.1, 0.15) is 32.1 Å². The highest BCUT2D eigenvalue weighted by atomic mass is 35.5. The average molecular weight is 347 g/mol. The maximum absolute atomic E-state index is 12.4. The monoisotopic (exact) mass is 346 g/mol. The minimum atomic E-state index is -3.63. The van der Waals surface area contributed by atoms with Crippen molar-refractivity contribution in [2.24, 2.45) is 11.7 Å². The predicted octanol–water partition coefficient (Wildman–Crippen LogP) is 2.54. The molecule has 0 heterocycles. The van der Waals surface area contributed by atoms with Crippen LogP contribution in [0, 0.1) is 5.92 Å². The van der Waals surface area contributed by atoms with Gasteiger partial charge in [0.2, 0.25) is 10.0 Å². The van der Waals surface area contributed by atoms with Crippen LogP contribution >= 0.6 is 11.6 Å². The van der Waals surface area contributed by atoms with Crippen LogP contribution in [0.25, 0.3) is 0 Å². The molecule has 0 spiro atoms. The molecular weight excluding hydrogens is 324 g/mol. The summed E-state index contributed by atoms with van der Waals surface area (Å²) in [5, 5.41) is 0.373. The second-order valence-electron chi connectivity index (χ2n) is 5.59. The zero-order valence-electron chi connectivity index (χ0n) is 12.6. The topological polar surface area (TPSA) is 81.4 Å². The van der Waals surface area contributed by atoms with Crippen molar-refractivity contribution < 1.29 is 13.2 Å². The molecule has 0 saturated heterocycles. The van der Waals surface area contributed by atoms with E-state index in [4.69, 9.17) is 22.1 Å². The van der Waals surface area contributed by atoms with Gasteiger partial charge in [-0.15, -0.1) is 0 Å². The van der Waals surface area contributed by atoms with Crippen molar-refractivity contribution in [3.05, 3.63) is 23.2 Å². The third-order valence-corrected chi connectivity index (χ3v) is 5.53. The molecule has 0 radical (unpaired) electrons. The van der Waals surface area contributed by atoms with Gasteiger partial charge in [0.05, 0.1) is 6.61 Å². The smallest absolute Gasteiger partial charge is 0.244 e. The number of sulfonamides is 1. The fourth-order valence-electron chi connectivity index (χ4n) is 2.23. The quantitative estimate of drug-likeness (QED) is 0.673. The summed E-state index contributed by atoms with van der Waals surface area (Å²) in [6.45, 7) is 1.46. The number of ether oxygens (including phenoxy) is 1. The SMILES string of the molecule is NCCCCNS(=O)(=O)c1cc(Cl)ccc1OCC1CCC1. The molecule has 0 aliphatic heterocycles. The summed E-state index contributed by atoms with van der Waals surface area (Å²) in [7, 11) is -3.63. The van der Waals surface area contributed by atoms with Crippen molar-refractivity contribution in [1.82, 2.24) is 4.72 Å². The van der Waals surface area contributed by atoms with Crippen LogP contribution in [-0.4, -0.2) is 28.1 Å². The van der Waals surface area contributed by atoms with E-state index in [2.05, 4.69) is 4.72 Å². The zero-order chi connectivity index (χ0) is 16.0. The van der Waals surface area contributed by atoms with E-state index in [9.17, 15) is 8.42 Å². The molecule has 1 aromatic carbocycles. The molecule has 1 saturated carbocycles. The van der Waals surface area contributed by atoms with E-state index >= 15 is 0 Å². The molecule has 1 aliphatic carbocycles. The zero-order valence-corrected chi connectivity index (χ0v) is 14.1. The number of unbranched alkanes of at least 4 members (excludes halogenated alkanes) is 1. The van der Waals surface area contributed by atoms with Crippen molar-refractivity contribution >= 4 is 21.6 Å². The summed E-state index contributed by atoms with van der Waals surface area (Å²) < 4.78 is 33.1. The highest BCUT2D eigenvalue weighted by Crippen LogP contribution is 2.31. The lowest BCUT2D eigenvalue weighted by atomic mass is 9.86. The highest BCUT2D eigenvalue weighted by Gasteiger charge is 2.22. The molecule has 1 aliphatic rings. The van der Waals surface area contributed by atoms with Gasteiger partial charge < -0.3 is 10.5 Å². The molecule has 1 aromatic rings. The fourth-order valence-corrected chi connectivity index (χ4v) is 3.71. The van der Waals surface area contributed by atoms with Gasteiger partial charge in [0, 0.05) is 11.6 Å². The molecular formula is C15H23ClN2O3S. The largest absolute Gasteiger partial charge is 0.492 e. The van der Waals surface area contributed by atoms with Crippen LogP contribution in [0.15, 0.2) is 23.1 Å². The number of nitrogens with two attached hydrogens (primary N) is 1. The summed E-state index contributed by atoms with van der Waals surface area (Å²) in [4.78, 5) is 0.104. The van der Waals surface area contributed by atoms with Gasteiger partial charge in [0.1, 0.15) is 10.6 Å². The Morgan fingerprint density at radius 3 is 2.73 bits per heavy atom. The van der Waals surface area contributed by atoms with Crippen molar-refractivity contribution in [3.8, 4) is 5.75 Å². The molecule has 3 N–H and O–H groups in total. The van der Waals surface area contributed by atoms with Gasteiger partial charge in [0.15, 0.2) is 0 Å². The Morgan fingerprint density at radius 1 is 1.32 bits per heavy atom. The molecule has 7 heteroatoms. The van der Waals surface area contributed by atoms with E-state index in [1.165, 1.54) is 12.5 Å². The summed E-state index contributed by atoms with van der Waals surface area (Å²) in [6.07, 6.45) is 5.00. The molecule has 0 aromatic heterocycles. The molecule has 0 amide bonds. The van der Waals surface area contributed by atoms with Gasteiger partial charge in [-0.3, -0.25) is 0 Å². The van der Waals surface area contributed by atoms with Crippen molar-refractivity contribution in [1.29, 1.82) is 0 Å². The van der Waals surface area contributed by atoms with Crippen LogP contribution in [0.3, 0.4) is 0 Å². The fraction of sp³-hybridized carbons (Fsp3) is 0.600. The second kappa shape index (κ2) is 8.15. The average Bonchev–Trinajstić information content (AvgIpc) is 2.43. The van der Waals surface area contributed by atoms with Gasteiger partial charge in [0.25, 0.3) is 0 Å². The summed E-state index contributed by atoms with van der Waals surface area (Å²) in [5.74, 6) is 0.895. The number of halogens is 1. The Bertz CT molecular complexity index is 588. The van der Waals surface area contributed by atoms with Crippen molar-refractivity contribution in [3.63, 3.8) is 0 Å². The first-order chi connectivity index (χ1) is 10.5. The predicted molar refractivity (Wildman–Crippen MR) is 87.8 cm³/mol. The molecule has 0 bridgehead atoms. The first-order valence-electron chi connectivity index (χ1n) is 7.65. The summed E-state index contributed by atoms with van der Waals surface area (Å²) in [6, 6.07) is 4.70. The van der Waals surface area contributed by atoms with E-state index in [1.54, 1.807) is 12.1 Å². The maximum atomic E-state index is 12.4. The van der Waals surface area contributed by atoms with Gasteiger partial charge in [-0.05, 0) is 56.3 Å². The van der Waals surface area contributed by atoms with Gasteiger partial charge in [-0.25, -0.2) is 13.1 Å². The lowest BCUT2D eigenvalue weighted by Crippen LogP contribution is -2.26. The summed E-state index contributed by atoms with van der Waals surface area (Å²) in [5.41, 5.74) is 5.41. The van der Waals surface area contributed by atoms with Gasteiger partial charge in [-0.2, -0.15) is 0 Å². The van der Waals surface area contributed by atoms with Crippen LogP contribution in [0.5, 0.6) is 5.75 Å². The summed E-state index contributed by atoms with van der Waals surface area (Å²) >= 11 is 5.94. The van der Waals surface area contributed by atoms with Crippen molar-refractivity contribution in [2.75, 3.05) is 19.7 Å². The van der Waals surface area contributed by atoms with Crippen LogP contribution < -0.4 is 15.2 Å². The Balaban J connectivity index is 2.07. The van der Waals surface area contributed by atoms with Crippen LogP contribution in [0.2, 0.25) is 5.02 Å². The first-order valence-corrected chi connectivity index (χ1v) is 9.51. The maximum Gasteiger partial charge on any atom is 0.244 e. The third-order valence-electron chi connectivity index (χ3n) is 3.82. The minimum absolute atomic E-state index is 0.104. The van der Waals surface area contributed by atoms with E-state index < -0.39 is 10.0 Å². The molecule has 2 rings (SSSR count). The Labute approximate surface area is 137 Å². The first kappa shape index (κ1) is 17.5. The highest BCUT2D eigenvalue weighted by molar-refractivity contribution is 7.89. The van der Waals surface area contributed by atoms with E-state index in [0.29, 0.717) is 42.8 Å². The number of benzene rings is 1. The lowest BCUT2D eigenvalue weighted by Gasteiger charge is -2.25. The van der Waals surface area contributed by atoms with Crippen molar-refractivity contribution in [2.45, 2.75) is 37.0 Å². The molecule has 0 atom stereocenters. The van der Waals surface area contributed by atoms with Crippen LogP contribution in [-0.2, 0) is 10.0 Å². The Hall–Kier alpha value is -0.820. The van der Waals surface area contributed by atoms with Gasteiger partial charge in [-0.1, -0.05) is 18.0 Å². The standard InChI is InChI=1S/C15H23ClN2O3S/c16-13-6-7-14(21-11-12-4-3-5-12)15(10-13)22(19,20)18-9-2-1-8-17/h6-7,10,12,18H,1-5,8-9,11,17H2. The molecule has 1 fully saturated rings. The molecule has 5 nitrogen and oxygen atoms in total. The van der Waals surface area contributed by atoms with Crippen LogP contribution in [0.4, 0.5) is 0 Å². The third kappa shape index (κ3) is 4.84. The Kier molecular flexibility index (Phi) is 6.50. The minimum Gasteiger partial charge on any atom is -0.492 e. The second-order valence-corrected chi connectivity index (χ2v) is 7.76. The number of hydrogen-bond donors (Lipinski definition) is 2. The normalized spacial score (nSPS) is 15.5. The number of hydrogen-bond acceptors (Lipinski definition) is 4. The molecule has 22 heavy (non-hydrogen) atoms. The van der Waals surface area contributed by atoms with E-state index in [1.807, 2.05) is 0 Å². The number of nitrogens with one attached hydrogen (secondary N) is 1. The van der Waals surface area contributed by atoms with Gasteiger partial charge >= 0.3 is 0 Å². The Morgan fingerprint density at radius 2 is 2.09 bits per heavy atom. The van der Waals surface area contributed by atoms with E-state index in [-0.39, 0.29) is 4.90 Å². The lowest BCUT2D eigenvalue weighted by molar-refractivity contribution is 0.177.